The zero-order chi connectivity index (χ0) is 17.1. The van der Waals surface area contributed by atoms with Gasteiger partial charge < -0.3 is 5.32 Å². The van der Waals surface area contributed by atoms with Gasteiger partial charge in [0, 0.05) is 5.69 Å². The molecular formula is C19H18N2O2S. The van der Waals surface area contributed by atoms with E-state index in [1.54, 1.807) is 6.08 Å². The maximum Gasteiger partial charge on any atom is 0.295 e. The molecule has 1 aliphatic rings. The summed E-state index contributed by atoms with van der Waals surface area (Å²) in [6, 6.07) is 15.5. The van der Waals surface area contributed by atoms with Crippen molar-refractivity contribution >= 4 is 34.7 Å². The number of benzene rings is 2. The molecule has 1 heterocycles. The van der Waals surface area contributed by atoms with Crippen LogP contribution in [-0.4, -0.2) is 22.7 Å². The summed E-state index contributed by atoms with van der Waals surface area (Å²) in [6.45, 7) is 4.19. The lowest BCUT2D eigenvalue weighted by Gasteiger charge is -2.14. The number of carbonyl (C=O) groups excluding carboxylic acids is 2. The first-order valence-electron chi connectivity index (χ1n) is 7.66. The number of hydrogen-bond donors (Lipinski definition) is 1. The predicted molar refractivity (Wildman–Crippen MR) is 98.7 cm³/mol. The summed E-state index contributed by atoms with van der Waals surface area (Å²) >= 11 is 0.983. The van der Waals surface area contributed by atoms with Crippen molar-refractivity contribution < 1.29 is 9.59 Å². The summed E-state index contributed by atoms with van der Waals surface area (Å²) in [5.41, 5.74) is 4.09. The molecule has 5 heteroatoms. The maximum absolute atomic E-state index is 12.5. The van der Waals surface area contributed by atoms with Crippen LogP contribution < -0.4 is 5.32 Å². The number of imide groups is 1. The molecule has 0 saturated carbocycles. The number of aryl methyl sites for hydroxylation is 2. The average molecular weight is 338 g/mol. The van der Waals surface area contributed by atoms with Gasteiger partial charge in [-0.2, -0.15) is 0 Å². The Hall–Kier alpha value is -2.53. The summed E-state index contributed by atoms with van der Waals surface area (Å²) in [5, 5.41) is 2.84. The second kappa shape index (κ2) is 6.93. The van der Waals surface area contributed by atoms with Gasteiger partial charge in [-0.15, -0.1) is 0 Å². The molecule has 2 aromatic rings. The first kappa shape index (κ1) is 16.3. The summed E-state index contributed by atoms with van der Waals surface area (Å²) in [7, 11) is 0. The van der Waals surface area contributed by atoms with Crippen LogP contribution in [0.1, 0.15) is 16.7 Å². The highest BCUT2D eigenvalue weighted by atomic mass is 32.2. The van der Waals surface area contributed by atoms with E-state index in [0.29, 0.717) is 4.91 Å². The van der Waals surface area contributed by atoms with Gasteiger partial charge in [0.2, 0.25) is 0 Å². The van der Waals surface area contributed by atoms with Crippen LogP contribution in [0.25, 0.3) is 6.08 Å². The van der Waals surface area contributed by atoms with E-state index in [0.717, 1.165) is 28.6 Å². The number of amides is 2. The molecule has 24 heavy (non-hydrogen) atoms. The number of anilines is 1. The molecule has 0 atom stereocenters. The minimum atomic E-state index is -0.256. The Morgan fingerprint density at radius 2 is 1.83 bits per heavy atom. The first-order chi connectivity index (χ1) is 11.5. The van der Waals surface area contributed by atoms with E-state index in [4.69, 9.17) is 0 Å². The molecule has 1 saturated heterocycles. The number of hydrogen-bond acceptors (Lipinski definition) is 4. The van der Waals surface area contributed by atoms with Crippen LogP contribution in [0.5, 0.6) is 0 Å². The fourth-order valence-electron chi connectivity index (χ4n) is 2.49. The minimum Gasteiger partial charge on any atom is -0.367 e. The third-order valence-electron chi connectivity index (χ3n) is 3.80. The van der Waals surface area contributed by atoms with Gasteiger partial charge in [0.05, 0.1) is 11.6 Å². The third-order valence-corrected chi connectivity index (χ3v) is 4.71. The number of thioether (sulfide) groups is 1. The van der Waals surface area contributed by atoms with Crippen molar-refractivity contribution in [3.05, 3.63) is 70.1 Å². The Kier molecular flexibility index (Phi) is 4.71. The van der Waals surface area contributed by atoms with Crippen molar-refractivity contribution in [1.82, 2.24) is 4.90 Å². The Morgan fingerprint density at radius 1 is 1.08 bits per heavy atom. The largest absolute Gasteiger partial charge is 0.367 e. The maximum atomic E-state index is 12.5. The highest BCUT2D eigenvalue weighted by Crippen LogP contribution is 2.32. The molecule has 122 valence electrons. The average Bonchev–Trinajstić information content (AvgIpc) is 2.83. The fraction of sp³-hybridized carbons (Fsp3) is 0.158. The molecule has 0 bridgehead atoms. The Morgan fingerprint density at radius 3 is 2.54 bits per heavy atom. The molecule has 1 N–H and O–H groups in total. The highest BCUT2D eigenvalue weighted by molar-refractivity contribution is 8.18. The molecule has 0 aliphatic carbocycles. The van der Waals surface area contributed by atoms with E-state index in [2.05, 4.69) is 11.4 Å². The van der Waals surface area contributed by atoms with Gasteiger partial charge in [-0.1, -0.05) is 42.0 Å². The van der Waals surface area contributed by atoms with Crippen LogP contribution in [0.15, 0.2) is 53.4 Å². The van der Waals surface area contributed by atoms with Crippen LogP contribution in [0.3, 0.4) is 0 Å². The second-order valence-corrected chi connectivity index (χ2v) is 6.66. The zero-order valence-corrected chi connectivity index (χ0v) is 14.4. The SMILES string of the molecule is Cc1ccc(/C=C2/SC(=O)N(CNc3ccccc3)C2=O)c(C)c1. The van der Waals surface area contributed by atoms with Gasteiger partial charge in [-0.05, 0) is 54.9 Å². The molecule has 1 fully saturated rings. The lowest BCUT2D eigenvalue weighted by Crippen LogP contribution is -2.33. The van der Waals surface area contributed by atoms with Crippen LogP contribution in [0.4, 0.5) is 10.5 Å². The van der Waals surface area contributed by atoms with Gasteiger partial charge >= 0.3 is 0 Å². The fourth-order valence-corrected chi connectivity index (χ4v) is 3.32. The Balaban J connectivity index is 1.75. The molecule has 4 nitrogen and oxygen atoms in total. The summed E-state index contributed by atoms with van der Waals surface area (Å²) in [4.78, 5) is 26.3. The van der Waals surface area contributed by atoms with Crippen molar-refractivity contribution in [2.45, 2.75) is 13.8 Å². The van der Waals surface area contributed by atoms with Crippen LogP contribution in [0, 0.1) is 13.8 Å². The van der Waals surface area contributed by atoms with E-state index >= 15 is 0 Å². The summed E-state index contributed by atoms with van der Waals surface area (Å²) in [6.07, 6.45) is 1.79. The monoisotopic (exact) mass is 338 g/mol. The lowest BCUT2D eigenvalue weighted by molar-refractivity contribution is -0.122. The zero-order valence-electron chi connectivity index (χ0n) is 13.6. The normalized spacial score (nSPS) is 16.1. The highest BCUT2D eigenvalue weighted by Gasteiger charge is 2.34. The Labute approximate surface area is 145 Å². The lowest BCUT2D eigenvalue weighted by atomic mass is 10.1. The van der Waals surface area contributed by atoms with Crippen molar-refractivity contribution in [1.29, 1.82) is 0 Å². The molecule has 2 amide bonds. The van der Waals surface area contributed by atoms with E-state index in [1.807, 2.05) is 56.3 Å². The standard InChI is InChI=1S/C19H18N2O2S/c1-13-8-9-15(14(2)10-13)11-17-18(22)21(19(23)24-17)12-20-16-6-4-3-5-7-16/h3-11,20H,12H2,1-2H3/b17-11+. The molecule has 0 spiro atoms. The molecule has 1 aliphatic heterocycles. The van der Waals surface area contributed by atoms with E-state index in [-0.39, 0.29) is 17.8 Å². The predicted octanol–water partition coefficient (Wildman–Crippen LogP) is 4.41. The molecule has 0 radical (unpaired) electrons. The quantitative estimate of drug-likeness (QED) is 0.839. The first-order valence-corrected chi connectivity index (χ1v) is 8.48. The van der Waals surface area contributed by atoms with E-state index < -0.39 is 0 Å². The molecule has 0 unspecified atom stereocenters. The topological polar surface area (TPSA) is 49.4 Å². The molecular weight excluding hydrogens is 320 g/mol. The van der Waals surface area contributed by atoms with Crippen molar-refractivity contribution in [3.63, 3.8) is 0 Å². The summed E-state index contributed by atoms with van der Waals surface area (Å²) < 4.78 is 0. The third kappa shape index (κ3) is 3.51. The van der Waals surface area contributed by atoms with Gasteiger partial charge in [0.1, 0.15) is 0 Å². The minimum absolute atomic E-state index is 0.166. The van der Waals surface area contributed by atoms with Crippen LogP contribution in [0.2, 0.25) is 0 Å². The molecule has 3 rings (SSSR count). The number of para-hydroxylation sites is 1. The number of rotatable bonds is 4. The second-order valence-electron chi connectivity index (χ2n) is 5.67. The van der Waals surface area contributed by atoms with Crippen LogP contribution >= 0.6 is 11.8 Å². The van der Waals surface area contributed by atoms with Gasteiger partial charge in [0.15, 0.2) is 0 Å². The van der Waals surface area contributed by atoms with Gasteiger partial charge in [-0.25, -0.2) is 0 Å². The summed E-state index contributed by atoms with van der Waals surface area (Å²) in [5.74, 6) is -0.256. The number of nitrogens with one attached hydrogen (secondary N) is 1. The molecule has 2 aromatic carbocycles. The Bertz CT molecular complexity index is 815. The van der Waals surface area contributed by atoms with Crippen molar-refractivity contribution in [2.75, 3.05) is 12.0 Å². The number of carbonyl (C=O) groups is 2. The molecule has 0 aromatic heterocycles. The van der Waals surface area contributed by atoms with E-state index in [1.165, 1.54) is 10.5 Å². The van der Waals surface area contributed by atoms with E-state index in [9.17, 15) is 9.59 Å². The van der Waals surface area contributed by atoms with Crippen molar-refractivity contribution in [3.8, 4) is 0 Å². The van der Waals surface area contributed by atoms with Crippen LogP contribution in [-0.2, 0) is 4.79 Å². The number of nitrogens with zero attached hydrogens (tertiary/aromatic N) is 1. The van der Waals surface area contributed by atoms with Gasteiger partial charge in [-0.3, -0.25) is 14.5 Å². The van der Waals surface area contributed by atoms with Crippen molar-refractivity contribution in [2.24, 2.45) is 0 Å². The smallest absolute Gasteiger partial charge is 0.295 e. The van der Waals surface area contributed by atoms with Gasteiger partial charge in [0.25, 0.3) is 11.1 Å².